The van der Waals surface area contributed by atoms with Crippen LogP contribution in [0.2, 0.25) is 0 Å². The van der Waals surface area contributed by atoms with E-state index in [1.54, 1.807) is 13.8 Å². The normalized spacial score (nSPS) is 17.6. The molecular weight excluding hydrogens is 234 g/mol. The lowest BCUT2D eigenvalue weighted by Gasteiger charge is -2.24. The summed E-state index contributed by atoms with van der Waals surface area (Å²) < 4.78 is 4.93. The van der Waals surface area contributed by atoms with Gasteiger partial charge in [0.05, 0.1) is 6.61 Å². The third-order valence-electron chi connectivity index (χ3n) is 3.03. The van der Waals surface area contributed by atoms with Crippen LogP contribution in [0.4, 0.5) is 5.95 Å². The number of hydrogen-bond acceptors (Lipinski definition) is 6. The van der Waals surface area contributed by atoms with Gasteiger partial charge in [-0.05, 0) is 38.3 Å². The minimum atomic E-state index is -0.531. The van der Waals surface area contributed by atoms with E-state index < -0.39 is 6.04 Å². The summed E-state index contributed by atoms with van der Waals surface area (Å²) >= 11 is 0. The number of rotatable bonds is 4. The smallest absolute Gasteiger partial charge is 0.332 e. The maximum atomic E-state index is 11.6. The third-order valence-corrected chi connectivity index (χ3v) is 3.03. The molecule has 0 aliphatic carbocycles. The van der Waals surface area contributed by atoms with E-state index in [4.69, 9.17) is 4.74 Å². The summed E-state index contributed by atoms with van der Waals surface area (Å²) in [7, 11) is 0. The molecule has 1 atom stereocenters. The fourth-order valence-electron chi connectivity index (χ4n) is 1.96. The van der Waals surface area contributed by atoms with Crippen LogP contribution in [-0.2, 0) is 9.53 Å². The topological polar surface area (TPSA) is 73.1 Å². The van der Waals surface area contributed by atoms with E-state index in [1.807, 2.05) is 0 Å². The number of nitrogens with zero attached hydrogens (tertiary/aromatic N) is 5. The lowest BCUT2D eigenvalue weighted by atomic mass is 10.1. The van der Waals surface area contributed by atoms with Crippen LogP contribution in [0, 0.1) is 0 Å². The molecule has 0 N–H and O–H groups in total. The minimum Gasteiger partial charge on any atom is -0.464 e. The van der Waals surface area contributed by atoms with E-state index in [-0.39, 0.29) is 5.97 Å². The summed E-state index contributed by atoms with van der Waals surface area (Å²) in [4.78, 5) is 15.0. The average molecular weight is 253 g/mol. The van der Waals surface area contributed by atoms with Crippen molar-refractivity contribution in [1.29, 1.82) is 0 Å². The summed E-state index contributed by atoms with van der Waals surface area (Å²) in [5.41, 5.74) is 0. The SMILES string of the molecule is CCOC(=O)[C@@H](C)n1nnc(N2CCCCC2)n1. The van der Waals surface area contributed by atoms with Crippen molar-refractivity contribution in [2.75, 3.05) is 24.6 Å². The Morgan fingerprint density at radius 3 is 2.78 bits per heavy atom. The Hall–Kier alpha value is -1.66. The summed E-state index contributed by atoms with van der Waals surface area (Å²) in [6, 6.07) is -0.531. The van der Waals surface area contributed by atoms with E-state index in [0.717, 1.165) is 25.9 Å². The highest BCUT2D eigenvalue weighted by molar-refractivity contribution is 5.73. The molecule has 2 rings (SSSR count). The molecule has 1 fully saturated rings. The first-order chi connectivity index (χ1) is 8.72. The molecular formula is C11H19N5O2. The summed E-state index contributed by atoms with van der Waals surface area (Å²) in [6.07, 6.45) is 3.56. The molecule has 0 radical (unpaired) electrons. The monoisotopic (exact) mass is 253 g/mol. The highest BCUT2D eigenvalue weighted by atomic mass is 16.5. The Balaban J connectivity index is 2.02. The number of esters is 1. The van der Waals surface area contributed by atoms with E-state index >= 15 is 0 Å². The Morgan fingerprint density at radius 2 is 2.11 bits per heavy atom. The number of carbonyl (C=O) groups is 1. The van der Waals surface area contributed by atoms with Crippen molar-refractivity contribution in [2.45, 2.75) is 39.2 Å². The second-order valence-corrected chi connectivity index (χ2v) is 4.39. The van der Waals surface area contributed by atoms with Crippen LogP contribution < -0.4 is 4.90 Å². The van der Waals surface area contributed by atoms with Gasteiger partial charge in [-0.3, -0.25) is 0 Å². The number of tetrazole rings is 1. The molecule has 18 heavy (non-hydrogen) atoms. The van der Waals surface area contributed by atoms with Crippen LogP contribution in [0.15, 0.2) is 0 Å². The van der Waals surface area contributed by atoms with E-state index in [9.17, 15) is 4.79 Å². The van der Waals surface area contributed by atoms with E-state index in [2.05, 4.69) is 20.3 Å². The van der Waals surface area contributed by atoms with Gasteiger partial charge in [0.2, 0.25) is 0 Å². The second-order valence-electron chi connectivity index (χ2n) is 4.39. The molecule has 0 aromatic carbocycles. The first-order valence-electron chi connectivity index (χ1n) is 6.43. The van der Waals surface area contributed by atoms with E-state index in [0.29, 0.717) is 12.6 Å². The van der Waals surface area contributed by atoms with Gasteiger partial charge < -0.3 is 9.64 Å². The van der Waals surface area contributed by atoms with Gasteiger partial charge in [-0.15, -0.1) is 9.90 Å². The van der Waals surface area contributed by atoms with Crippen LogP contribution >= 0.6 is 0 Å². The quantitative estimate of drug-likeness (QED) is 0.739. The van der Waals surface area contributed by atoms with E-state index in [1.165, 1.54) is 11.2 Å². The zero-order chi connectivity index (χ0) is 13.0. The lowest BCUT2D eigenvalue weighted by Crippen LogP contribution is -2.30. The fourth-order valence-corrected chi connectivity index (χ4v) is 1.96. The molecule has 2 heterocycles. The zero-order valence-corrected chi connectivity index (χ0v) is 10.9. The van der Waals surface area contributed by atoms with Crippen molar-refractivity contribution in [2.24, 2.45) is 0 Å². The summed E-state index contributed by atoms with van der Waals surface area (Å²) in [5, 5.41) is 12.2. The van der Waals surface area contributed by atoms with Gasteiger partial charge in [-0.2, -0.15) is 0 Å². The molecule has 0 spiro atoms. The van der Waals surface area contributed by atoms with Gasteiger partial charge in [-0.1, -0.05) is 5.10 Å². The Labute approximate surface area is 106 Å². The molecule has 7 nitrogen and oxygen atoms in total. The second kappa shape index (κ2) is 5.79. The van der Waals surface area contributed by atoms with Crippen LogP contribution in [-0.4, -0.2) is 45.9 Å². The van der Waals surface area contributed by atoms with Crippen LogP contribution in [0.5, 0.6) is 0 Å². The van der Waals surface area contributed by atoms with Crippen LogP contribution in [0.1, 0.15) is 39.2 Å². The lowest BCUT2D eigenvalue weighted by molar-refractivity contribution is -0.147. The largest absolute Gasteiger partial charge is 0.464 e. The van der Waals surface area contributed by atoms with Crippen molar-refractivity contribution in [3.63, 3.8) is 0 Å². The Morgan fingerprint density at radius 1 is 1.39 bits per heavy atom. The molecule has 0 unspecified atom stereocenters. The zero-order valence-electron chi connectivity index (χ0n) is 10.9. The van der Waals surface area contributed by atoms with Gasteiger partial charge >= 0.3 is 5.97 Å². The van der Waals surface area contributed by atoms with Crippen molar-refractivity contribution in [1.82, 2.24) is 20.2 Å². The van der Waals surface area contributed by atoms with Gasteiger partial charge in [0, 0.05) is 13.1 Å². The molecule has 1 aliphatic heterocycles. The van der Waals surface area contributed by atoms with Crippen molar-refractivity contribution in [3.8, 4) is 0 Å². The molecule has 1 aromatic heterocycles. The molecule has 0 saturated carbocycles. The maximum Gasteiger partial charge on any atom is 0.332 e. The van der Waals surface area contributed by atoms with Crippen molar-refractivity contribution >= 4 is 11.9 Å². The molecule has 0 amide bonds. The van der Waals surface area contributed by atoms with Gasteiger partial charge in [-0.25, -0.2) is 4.79 Å². The number of ether oxygens (including phenoxy) is 1. The molecule has 1 saturated heterocycles. The number of anilines is 1. The molecule has 0 bridgehead atoms. The summed E-state index contributed by atoms with van der Waals surface area (Å²) in [6.45, 7) is 5.76. The van der Waals surface area contributed by atoms with Gasteiger partial charge in [0.25, 0.3) is 5.95 Å². The van der Waals surface area contributed by atoms with Crippen molar-refractivity contribution in [3.05, 3.63) is 0 Å². The highest BCUT2D eigenvalue weighted by Crippen LogP contribution is 2.15. The van der Waals surface area contributed by atoms with Crippen LogP contribution in [0.25, 0.3) is 0 Å². The Kier molecular flexibility index (Phi) is 4.11. The average Bonchev–Trinajstić information content (AvgIpc) is 2.89. The Bertz CT molecular complexity index is 400. The standard InChI is InChI=1S/C11H19N5O2/c1-3-18-10(17)9(2)16-13-11(12-14-16)15-7-5-4-6-8-15/h9H,3-8H2,1-2H3/t9-/m1/s1. The van der Waals surface area contributed by atoms with Crippen LogP contribution in [0.3, 0.4) is 0 Å². The molecule has 1 aromatic rings. The first-order valence-corrected chi connectivity index (χ1v) is 6.43. The highest BCUT2D eigenvalue weighted by Gasteiger charge is 2.21. The predicted molar refractivity (Wildman–Crippen MR) is 65.2 cm³/mol. The minimum absolute atomic E-state index is 0.333. The maximum absolute atomic E-state index is 11.6. The number of hydrogen-bond donors (Lipinski definition) is 0. The molecule has 100 valence electrons. The summed E-state index contributed by atoms with van der Waals surface area (Å²) in [5.74, 6) is 0.269. The number of aromatic nitrogens is 4. The number of carbonyl (C=O) groups excluding carboxylic acids is 1. The number of piperidine rings is 1. The van der Waals surface area contributed by atoms with Crippen molar-refractivity contribution < 1.29 is 9.53 Å². The predicted octanol–water partition coefficient (Wildman–Crippen LogP) is 0.787. The van der Waals surface area contributed by atoms with Gasteiger partial charge in [0.1, 0.15) is 0 Å². The van der Waals surface area contributed by atoms with Gasteiger partial charge in [0.15, 0.2) is 6.04 Å². The molecule has 7 heteroatoms. The molecule has 1 aliphatic rings. The fraction of sp³-hybridized carbons (Fsp3) is 0.818. The third kappa shape index (κ3) is 2.77. The first kappa shape index (κ1) is 12.8.